The number of rotatable bonds is 15. The van der Waals surface area contributed by atoms with Crippen molar-refractivity contribution in [1.82, 2.24) is 20.4 Å². The molecule has 6 N–H and O–H groups in total. The maximum Gasteiger partial charge on any atom is 0.315 e. The van der Waals surface area contributed by atoms with Gasteiger partial charge in [-0.25, -0.2) is 0 Å². The summed E-state index contributed by atoms with van der Waals surface area (Å²) >= 11 is 22.6. The lowest BCUT2D eigenvalue weighted by Gasteiger charge is -2.13. The first-order valence-corrected chi connectivity index (χ1v) is 27.1. The van der Waals surface area contributed by atoms with Gasteiger partial charge in [-0.05, 0) is 67.9 Å². The molecule has 0 radical (unpaired) electrons. The van der Waals surface area contributed by atoms with E-state index >= 15 is 0 Å². The van der Waals surface area contributed by atoms with Crippen molar-refractivity contribution >= 4 is 137 Å². The number of amides is 6. The van der Waals surface area contributed by atoms with Gasteiger partial charge in [-0.15, -0.1) is 0 Å². The Morgan fingerprint density at radius 1 is 0.633 bits per heavy atom. The van der Waals surface area contributed by atoms with Crippen LogP contribution in [0.5, 0.6) is 0 Å². The molecule has 0 fully saturated rings. The van der Waals surface area contributed by atoms with E-state index in [9.17, 15) is 33.6 Å². The normalized spacial score (nSPS) is 12.8. The fraction of sp³-hybridized carbons (Fsp3) is 0.361. The van der Waals surface area contributed by atoms with Crippen LogP contribution in [0.4, 0.5) is 0 Å². The number of hydrogen-bond donors (Lipinski definition) is 4. The van der Waals surface area contributed by atoms with Crippen molar-refractivity contribution in [2.75, 3.05) is 45.1 Å². The van der Waals surface area contributed by atoms with Crippen molar-refractivity contribution in [2.24, 2.45) is 11.5 Å². The van der Waals surface area contributed by atoms with Crippen LogP contribution in [0, 0.1) is 0 Å². The highest BCUT2D eigenvalue weighted by molar-refractivity contribution is 8.40. The molecule has 24 heteroatoms. The minimum absolute atomic E-state index is 0. The lowest BCUT2D eigenvalue weighted by atomic mass is 9.98. The molecule has 6 amide bonds. The third-order valence-corrected chi connectivity index (χ3v) is 12.0. The number of carbonyl (C=O) groups is 7. The predicted molar refractivity (Wildman–Crippen MR) is 261 cm³/mol. The Morgan fingerprint density at radius 3 is 1.38 bits per heavy atom. The van der Waals surface area contributed by atoms with Crippen LogP contribution in [0.15, 0.2) is 72.8 Å². The monoisotopic (exact) mass is 1010 g/mol. The number of imide groups is 2. The van der Waals surface area contributed by atoms with E-state index in [4.69, 9.17) is 28.0 Å². The van der Waals surface area contributed by atoms with Crippen molar-refractivity contribution in [1.29, 1.82) is 0 Å². The number of fused-ring (bicyclic) bond motifs is 3. The van der Waals surface area contributed by atoms with Gasteiger partial charge in [-0.1, -0.05) is 106 Å². The second-order valence-electron chi connectivity index (χ2n) is 10.7. The fourth-order valence-corrected chi connectivity index (χ4v) is 5.80. The first-order chi connectivity index (χ1) is 27.4. The molecule has 5 rings (SSSR count). The molecule has 2 aromatic rings. The van der Waals surface area contributed by atoms with Crippen LogP contribution < -0.4 is 22.1 Å². The van der Waals surface area contributed by atoms with Gasteiger partial charge in [-0.3, -0.25) is 43.4 Å². The zero-order valence-corrected chi connectivity index (χ0v) is 38.5. The highest BCUT2D eigenvalue weighted by atomic mass is 32.7. The average molecular weight is 1010 g/mol. The zero-order valence-electron chi connectivity index (χ0n) is 30.0. The number of hydrogen-bond acceptors (Lipinski definition) is 15. The molecule has 2 aliphatic heterocycles. The predicted octanol–water partition coefficient (Wildman–Crippen LogP) is 5.80. The largest absolute Gasteiger partial charge is 0.464 e. The molecule has 0 spiro atoms. The van der Waals surface area contributed by atoms with Gasteiger partial charge >= 0.3 is 5.97 Å². The average Bonchev–Trinajstić information content (AvgIpc) is 3.85. The summed E-state index contributed by atoms with van der Waals surface area (Å²) in [6.45, 7) is 0.651. The number of nitrogens with two attached hydrogens (primary N) is 2. The third-order valence-electron chi connectivity index (χ3n) is 7.24. The second kappa shape index (κ2) is 36.8. The molecule has 0 saturated heterocycles. The Balaban J connectivity index is -0.000000738. The van der Waals surface area contributed by atoms with Gasteiger partial charge in [0.25, 0.3) is 23.6 Å². The lowest BCUT2D eigenvalue weighted by Crippen LogP contribution is -2.36. The summed E-state index contributed by atoms with van der Waals surface area (Å²) in [5.74, 6) is -2.06. The molecule has 0 unspecified atom stereocenters. The first-order valence-electron chi connectivity index (χ1n) is 16.3. The number of benzene rings is 2. The van der Waals surface area contributed by atoms with E-state index in [1.165, 1.54) is 46.6 Å². The Kier molecular flexibility index (Phi) is 37.6. The molecule has 2 aromatic carbocycles. The number of carbonyl (C=O) groups excluding carboxylic acids is 7. The van der Waals surface area contributed by atoms with E-state index in [0.29, 0.717) is 33.9 Å². The van der Waals surface area contributed by atoms with Crippen LogP contribution in [-0.2, 0) is 97.3 Å². The molecule has 1 aliphatic carbocycles. The van der Waals surface area contributed by atoms with E-state index in [1.807, 2.05) is 24.3 Å². The van der Waals surface area contributed by atoms with Crippen molar-refractivity contribution in [2.45, 2.75) is 41.0 Å². The molecule has 14 nitrogen and oxygen atoms in total. The summed E-state index contributed by atoms with van der Waals surface area (Å²) in [4.78, 5) is 79.9. The topological polar surface area (TPSA) is 211 Å². The van der Waals surface area contributed by atoms with Crippen molar-refractivity contribution in [3.63, 3.8) is 0 Å². The third kappa shape index (κ3) is 22.8. The van der Waals surface area contributed by atoms with Gasteiger partial charge in [0.1, 0.15) is 6.61 Å². The number of esters is 1. The molecule has 3 aliphatic rings. The Hall–Kier alpha value is -2.87. The van der Waals surface area contributed by atoms with Gasteiger partial charge in [0, 0.05) is 76.5 Å². The second-order valence-corrected chi connectivity index (χ2v) is 19.0. The van der Waals surface area contributed by atoms with Gasteiger partial charge in [0.2, 0.25) is 11.8 Å². The molecule has 0 aromatic heterocycles. The quantitative estimate of drug-likeness (QED) is 0.0719. The van der Waals surface area contributed by atoms with Crippen LogP contribution in [-0.4, -0.2) is 96.3 Å². The smallest absolute Gasteiger partial charge is 0.315 e. The zero-order chi connectivity index (χ0) is 42.6. The molecule has 60 heavy (non-hydrogen) atoms. The van der Waals surface area contributed by atoms with Crippen molar-refractivity contribution < 1.29 is 38.3 Å². The maximum absolute atomic E-state index is 11.5. The Morgan fingerprint density at radius 2 is 1.03 bits per heavy atom. The highest BCUT2D eigenvalue weighted by Crippen LogP contribution is 2.44. The SMILES string of the molecule is C.C.C.NCNC(=O)CCN1C(=O)C=CC1=O.NCP=S.O=C(CCN1C(=O)C=CC1=O)NCP=S.O=C(CP=S)OCC1c2ccccc2-c2ccccc21.S=PP=S. The summed E-state index contributed by atoms with van der Waals surface area (Å²) < 4.78 is 5.37. The van der Waals surface area contributed by atoms with E-state index in [-0.39, 0.29) is 108 Å². The van der Waals surface area contributed by atoms with Gasteiger partial charge < -0.3 is 26.8 Å². The number of nitrogens with zero attached hydrogens (tertiary/aromatic N) is 2. The van der Waals surface area contributed by atoms with Gasteiger partial charge in [0.05, 0.1) is 19.1 Å². The molecule has 0 atom stereocenters. The minimum atomic E-state index is -0.379. The van der Waals surface area contributed by atoms with Crippen LogP contribution >= 0.6 is 36.2 Å². The summed E-state index contributed by atoms with van der Waals surface area (Å²) in [6, 6.07) is 16.6. The van der Waals surface area contributed by atoms with Crippen LogP contribution in [0.25, 0.3) is 11.1 Å². The minimum Gasteiger partial charge on any atom is -0.464 e. The fourth-order valence-electron chi connectivity index (χ4n) is 4.85. The first kappa shape index (κ1) is 61.4. The van der Waals surface area contributed by atoms with Crippen LogP contribution in [0.1, 0.15) is 52.2 Å². The molecule has 0 saturated carbocycles. The Labute approximate surface area is 385 Å². The summed E-state index contributed by atoms with van der Waals surface area (Å²) in [7, 11) is 3.89. The van der Waals surface area contributed by atoms with E-state index in [2.05, 4.69) is 82.1 Å². The van der Waals surface area contributed by atoms with Crippen molar-refractivity contribution in [3.8, 4) is 11.1 Å². The van der Waals surface area contributed by atoms with E-state index in [0.717, 1.165) is 31.2 Å². The summed E-state index contributed by atoms with van der Waals surface area (Å²) in [5.41, 5.74) is 14.9. The van der Waals surface area contributed by atoms with Crippen LogP contribution in [0.2, 0.25) is 0 Å². The number of ether oxygens (including phenoxy) is 1. The van der Waals surface area contributed by atoms with Crippen LogP contribution in [0.3, 0.4) is 0 Å². The van der Waals surface area contributed by atoms with E-state index < -0.39 is 0 Å². The van der Waals surface area contributed by atoms with Crippen molar-refractivity contribution in [3.05, 3.63) is 84.0 Å². The van der Waals surface area contributed by atoms with Gasteiger partial charge in [-0.2, -0.15) is 0 Å². The maximum atomic E-state index is 11.5. The summed E-state index contributed by atoms with van der Waals surface area (Å²) in [5, 5.41) is 4.93. The highest BCUT2D eigenvalue weighted by Gasteiger charge is 2.29. The lowest BCUT2D eigenvalue weighted by molar-refractivity contribution is -0.141. The molecule has 2 heterocycles. The molecule has 326 valence electrons. The Bertz CT molecular complexity index is 1790. The molecule has 0 bridgehead atoms. The van der Waals surface area contributed by atoms with E-state index in [1.54, 1.807) is 0 Å². The van der Waals surface area contributed by atoms with Gasteiger partial charge in [0.15, 0.2) is 0 Å². The standard InChI is InChI=1S/C16H13O2PS.C8H11N3O3.C8H9N2O3PS.CH4NPS.3CH4.P2S2/c17-16(10-19-20)18-9-15-13-7-3-1-5-11(13)12-6-2-4-8-14(12)15;9-5-10-6(12)3-4-11-7(13)1-2-8(11)14;11-6(9-5-14-15)3-4-10-7(12)1-2-8(10)13;2-1-3-4;;;;3-1-2-4/h1-8,15H,9-10H2;1-2H,3-5,9H2,(H,10,12);1-2H,3-5H2,(H,9,11);1-2H2;3*1H4;. The number of nitrogens with one attached hydrogen (secondary N) is 2. The molecular weight excluding hydrogens is 960 g/mol. The summed E-state index contributed by atoms with van der Waals surface area (Å²) in [6.07, 6.45) is 6.26. The molecular formula is C36H49N6O8P5S5.